The maximum atomic E-state index is 11.7. The SMILES string of the molecule is C=CC(=O)OC(C)(C[N+](C)(C)C)OP(=O)(O)OCC. The first-order valence-electron chi connectivity index (χ1n) is 5.77. The fraction of sp³-hybridized carbons (Fsp3) is 0.727. The Bertz CT molecular complexity index is 378. The highest BCUT2D eigenvalue weighted by Gasteiger charge is 2.42. The first-order valence-corrected chi connectivity index (χ1v) is 7.26. The number of quaternary nitrogens is 1. The Morgan fingerprint density at radius 1 is 1.47 bits per heavy atom. The topological polar surface area (TPSA) is 82.1 Å². The van der Waals surface area contributed by atoms with E-state index in [1.165, 1.54) is 6.92 Å². The van der Waals surface area contributed by atoms with E-state index < -0.39 is 19.6 Å². The number of hydrogen-bond acceptors (Lipinski definition) is 5. The van der Waals surface area contributed by atoms with E-state index in [9.17, 15) is 14.3 Å². The van der Waals surface area contributed by atoms with Crippen LogP contribution in [0.5, 0.6) is 0 Å². The number of rotatable bonds is 8. The number of likely N-dealkylation sites (N-methyl/N-ethyl adjacent to an activating group) is 1. The Labute approximate surface area is 114 Å². The van der Waals surface area contributed by atoms with Crippen LogP contribution in [-0.4, -0.2) is 55.4 Å². The van der Waals surface area contributed by atoms with Crippen molar-refractivity contribution in [1.82, 2.24) is 0 Å². The molecule has 112 valence electrons. The normalized spacial score (nSPS) is 18.2. The fourth-order valence-electron chi connectivity index (χ4n) is 1.63. The molecule has 0 fully saturated rings. The fourth-order valence-corrected chi connectivity index (χ4v) is 2.59. The minimum absolute atomic E-state index is 0.00361. The van der Waals surface area contributed by atoms with E-state index in [-0.39, 0.29) is 13.2 Å². The molecule has 8 heteroatoms. The molecule has 0 aromatic carbocycles. The van der Waals surface area contributed by atoms with Crippen molar-refractivity contribution in [3.63, 3.8) is 0 Å². The van der Waals surface area contributed by atoms with Gasteiger partial charge in [0.1, 0.15) is 6.54 Å². The summed E-state index contributed by atoms with van der Waals surface area (Å²) in [5.41, 5.74) is 0. The van der Waals surface area contributed by atoms with Crippen LogP contribution in [0.1, 0.15) is 13.8 Å². The Morgan fingerprint density at radius 2 is 2.00 bits per heavy atom. The second-order valence-corrected chi connectivity index (χ2v) is 6.56. The highest BCUT2D eigenvalue weighted by molar-refractivity contribution is 7.47. The molecule has 0 aliphatic rings. The monoisotopic (exact) mass is 296 g/mol. The van der Waals surface area contributed by atoms with Gasteiger partial charge in [0.2, 0.25) is 0 Å². The lowest BCUT2D eigenvalue weighted by molar-refractivity contribution is -0.879. The predicted molar refractivity (Wildman–Crippen MR) is 70.1 cm³/mol. The summed E-state index contributed by atoms with van der Waals surface area (Å²) in [6.07, 6.45) is 0.959. The van der Waals surface area contributed by atoms with E-state index in [4.69, 9.17) is 9.26 Å². The molecule has 0 bridgehead atoms. The molecule has 1 N–H and O–H groups in total. The molecule has 0 aliphatic carbocycles. The van der Waals surface area contributed by atoms with E-state index in [0.29, 0.717) is 4.48 Å². The Balaban J connectivity index is 5.10. The number of esters is 1. The highest BCUT2D eigenvalue weighted by atomic mass is 31.2. The summed E-state index contributed by atoms with van der Waals surface area (Å²) in [5, 5.41) is 0. The molecule has 0 radical (unpaired) electrons. The van der Waals surface area contributed by atoms with Crippen LogP contribution in [0, 0.1) is 0 Å². The third-order valence-electron chi connectivity index (χ3n) is 1.85. The molecule has 2 unspecified atom stereocenters. The standard InChI is InChI=1S/C11H22NO6P/c1-7-10(13)17-11(3,9-12(4,5)6)18-19(14,15)16-8-2/h7H,1,8-9H2,2-6H3/p+1. The zero-order valence-electron chi connectivity index (χ0n) is 12.1. The lowest BCUT2D eigenvalue weighted by atomic mass is 10.3. The summed E-state index contributed by atoms with van der Waals surface area (Å²) in [6.45, 7) is 6.39. The van der Waals surface area contributed by atoms with Crippen LogP contribution in [0.25, 0.3) is 0 Å². The molecule has 0 heterocycles. The van der Waals surface area contributed by atoms with Crippen molar-refractivity contribution in [3.05, 3.63) is 12.7 Å². The summed E-state index contributed by atoms with van der Waals surface area (Å²) < 4.78 is 26.7. The van der Waals surface area contributed by atoms with E-state index in [0.717, 1.165) is 6.08 Å². The molecule has 2 atom stereocenters. The zero-order chi connectivity index (χ0) is 15.3. The zero-order valence-corrected chi connectivity index (χ0v) is 13.0. The van der Waals surface area contributed by atoms with Gasteiger partial charge in [-0.1, -0.05) is 6.58 Å². The molecule has 0 spiro atoms. The van der Waals surface area contributed by atoms with Gasteiger partial charge in [-0.25, -0.2) is 13.9 Å². The first kappa shape index (κ1) is 18.3. The summed E-state index contributed by atoms with van der Waals surface area (Å²) in [7, 11) is 1.19. The number of phosphoric acid groups is 1. The van der Waals surface area contributed by atoms with Gasteiger partial charge in [0.15, 0.2) is 0 Å². The van der Waals surface area contributed by atoms with E-state index in [2.05, 4.69) is 11.1 Å². The lowest BCUT2D eigenvalue weighted by Gasteiger charge is -2.35. The molecular weight excluding hydrogens is 273 g/mol. The van der Waals surface area contributed by atoms with Crippen molar-refractivity contribution < 1.29 is 32.5 Å². The third-order valence-corrected chi connectivity index (χ3v) is 3.05. The second-order valence-electron chi connectivity index (χ2n) is 5.19. The molecule has 0 aromatic rings. The molecule has 0 amide bonds. The average Bonchev–Trinajstić information content (AvgIpc) is 2.11. The van der Waals surface area contributed by atoms with Crippen molar-refractivity contribution in [2.45, 2.75) is 19.6 Å². The van der Waals surface area contributed by atoms with Gasteiger partial charge < -0.3 is 14.1 Å². The second kappa shape index (κ2) is 6.63. The van der Waals surface area contributed by atoms with Gasteiger partial charge in [-0.3, -0.25) is 4.52 Å². The molecule has 0 rings (SSSR count). The van der Waals surface area contributed by atoms with Crippen LogP contribution in [0.4, 0.5) is 0 Å². The van der Waals surface area contributed by atoms with Gasteiger partial charge in [0, 0.05) is 13.0 Å². The molecule has 0 saturated heterocycles. The van der Waals surface area contributed by atoms with Crippen molar-refractivity contribution in [3.8, 4) is 0 Å². The van der Waals surface area contributed by atoms with Crippen molar-refractivity contribution >= 4 is 13.8 Å². The van der Waals surface area contributed by atoms with Crippen LogP contribution in [-0.2, 0) is 23.1 Å². The van der Waals surface area contributed by atoms with E-state index in [1.807, 2.05) is 21.1 Å². The Morgan fingerprint density at radius 3 is 2.37 bits per heavy atom. The van der Waals surface area contributed by atoms with Gasteiger partial charge in [-0.15, -0.1) is 0 Å². The van der Waals surface area contributed by atoms with Gasteiger partial charge in [-0.2, -0.15) is 0 Å². The van der Waals surface area contributed by atoms with Crippen molar-refractivity contribution in [2.75, 3.05) is 34.3 Å². The minimum atomic E-state index is -4.29. The largest absolute Gasteiger partial charge is 0.475 e. The maximum absolute atomic E-state index is 11.7. The van der Waals surface area contributed by atoms with Crippen LogP contribution in [0.3, 0.4) is 0 Å². The van der Waals surface area contributed by atoms with Gasteiger partial charge in [0.25, 0.3) is 5.79 Å². The van der Waals surface area contributed by atoms with Crippen LogP contribution >= 0.6 is 7.82 Å². The molecule has 7 nitrogen and oxygen atoms in total. The Hall–Kier alpha value is -0.720. The van der Waals surface area contributed by atoms with Crippen LogP contribution in [0.2, 0.25) is 0 Å². The number of nitrogens with zero attached hydrogens (tertiary/aromatic N) is 1. The molecule has 0 aromatic heterocycles. The third kappa shape index (κ3) is 8.13. The number of hydrogen-bond donors (Lipinski definition) is 1. The summed E-state index contributed by atoms with van der Waals surface area (Å²) >= 11 is 0. The first-order chi connectivity index (χ1) is 8.43. The Kier molecular flexibility index (Phi) is 6.38. The molecule has 19 heavy (non-hydrogen) atoms. The maximum Gasteiger partial charge on any atom is 0.475 e. The van der Waals surface area contributed by atoms with Gasteiger partial charge in [-0.05, 0) is 6.92 Å². The van der Waals surface area contributed by atoms with E-state index >= 15 is 0 Å². The van der Waals surface area contributed by atoms with Crippen LogP contribution < -0.4 is 0 Å². The van der Waals surface area contributed by atoms with Gasteiger partial charge >= 0.3 is 13.8 Å². The summed E-state index contributed by atoms with van der Waals surface area (Å²) in [6, 6.07) is 0. The number of phosphoric ester groups is 1. The van der Waals surface area contributed by atoms with Crippen LogP contribution in [0.15, 0.2) is 12.7 Å². The minimum Gasteiger partial charge on any atom is -0.423 e. The van der Waals surface area contributed by atoms with Crippen molar-refractivity contribution in [1.29, 1.82) is 0 Å². The quantitative estimate of drug-likeness (QED) is 0.239. The van der Waals surface area contributed by atoms with Gasteiger partial charge in [0.05, 0.1) is 27.7 Å². The number of carbonyl (C=O) groups excluding carboxylic acids is 1. The average molecular weight is 296 g/mol. The number of carbonyl (C=O) groups is 1. The lowest BCUT2D eigenvalue weighted by Crippen LogP contribution is -2.51. The molecule has 0 saturated carbocycles. The smallest absolute Gasteiger partial charge is 0.423 e. The number of ether oxygens (including phenoxy) is 1. The summed E-state index contributed by atoms with van der Waals surface area (Å²) in [4.78, 5) is 20.8. The van der Waals surface area contributed by atoms with Crippen molar-refractivity contribution in [2.24, 2.45) is 0 Å². The van der Waals surface area contributed by atoms with E-state index in [1.54, 1.807) is 6.92 Å². The molecule has 0 aliphatic heterocycles. The highest BCUT2D eigenvalue weighted by Crippen LogP contribution is 2.47. The predicted octanol–water partition coefficient (Wildman–Crippen LogP) is 1.29. The molecular formula is C11H23NO6P+. The summed E-state index contributed by atoms with van der Waals surface area (Å²) in [5.74, 6) is -2.34.